The van der Waals surface area contributed by atoms with Gasteiger partial charge < -0.3 is 10.2 Å². The maximum atomic E-state index is 12.5. The molecule has 0 spiro atoms. The lowest BCUT2D eigenvalue weighted by atomic mass is 9.90. The van der Waals surface area contributed by atoms with Gasteiger partial charge in [-0.2, -0.15) is 5.10 Å². The lowest BCUT2D eigenvalue weighted by Gasteiger charge is -2.33. The minimum Gasteiger partial charge on any atom is -0.347 e. The summed E-state index contributed by atoms with van der Waals surface area (Å²) < 4.78 is 0. The van der Waals surface area contributed by atoms with Crippen molar-refractivity contribution < 1.29 is 9.59 Å². The van der Waals surface area contributed by atoms with Gasteiger partial charge in [0.15, 0.2) is 0 Å². The fourth-order valence-corrected chi connectivity index (χ4v) is 3.37. The van der Waals surface area contributed by atoms with E-state index in [0.717, 1.165) is 36.2 Å². The molecule has 1 unspecified atom stereocenters. The highest BCUT2D eigenvalue weighted by Gasteiger charge is 2.27. The quantitative estimate of drug-likeness (QED) is 0.866. The number of carbonyl (C=O) groups excluding carboxylic acids is 2. The zero-order valence-corrected chi connectivity index (χ0v) is 15.4. The van der Waals surface area contributed by atoms with Gasteiger partial charge in [-0.3, -0.25) is 14.7 Å². The second kappa shape index (κ2) is 8.17. The van der Waals surface area contributed by atoms with Crippen molar-refractivity contribution in [1.82, 2.24) is 20.4 Å². The summed E-state index contributed by atoms with van der Waals surface area (Å²) >= 11 is 0. The zero-order valence-electron chi connectivity index (χ0n) is 15.4. The summed E-state index contributed by atoms with van der Waals surface area (Å²) in [7, 11) is 0. The van der Waals surface area contributed by atoms with Gasteiger partial charge in [-0.05, 0) is 18.4 Å². The lowest BCUT2D eigenvalue weighted by molar-refractivity contribution is -0.134. The number of aromatic nitrogens is 2. The number of amides is 2. The van der Waals surface area contributed by atoms with Crippen molar-refractivity contribution in [2.75, 3.05) is 19.6 Å². The molecule has 1 aromatic heterocycles. The Morgan fingerprint density at radius 1 is 1.31 bits per heavy atom. The fourth-order valence-electron chi connectivity index (χ4n) is 3.37. The van der Waals surface area contributed by atoms with Crippen LogP contribution < -0.4 is 5.32 Å². The first-order valence-corrected chi connectivity index (χ1v) is 9.20. The summed E-state index contributed by atoms with van der Waals surface area (Å²) in [6, 6.07) is 10.2. The number of carbonyl (C=O) groups is 2. The van der Waals surface area contributed by atoms with Crippen molar-refractivity contribution in [3.05, 3.63) is 42.2 Å². The molecule has 138 valence electrons. The molecular weight excluding hydrogens is 328 g/mol. The van der Waals surface area contributed by atoms with E-state index in [2.05, 4.69) is 27.6 Å². The van der Waals surface area contributed by atoms with Gasteiger partial charge in [0, 0.05) is 36.2 Å². The van der Waals surface area contributed by atoms with Crippen LogP contribution in [-0.2, 0) is 9.59 Å². The Hall–Kier alpha value is -2.63. The summed E-state index contributed by atoms with van der Waals surface area (Å²) in [5.74, 6) is -0.00199. The SMILES string of the molecule is CC(C)C(=O)NCC(=O)N1CCCC(c2[nH]ncc2-c2ccccc2)C1. The standard InChI is InChI=1S/C20H26N4O2/c1-14(2)20(26)21-12-18(25)24-10-6-9-16(13-24)19-17(11-22-23-19)15-7-4-3-5-8-15/h3-5,7-8,11,14,16H,6,9-10,12-13H2,1-2H3,(H,21,26)(H,22,23). The predicted molar refractivity (Wildman–Crippen MR) is 100 cm³/mol. The second-order valence-corrected chi connectivity index (χ2v) is 7.11. The summed E-state index contributed by atoms with van der Waals surface area (Å²) in [5.41, 5.74) is 3.31. The number of nitrogens with one attached hydrogen (secondary N) is 2. The number of nitrogens with zero attached hydrogens (tertiary/aromatic N) is 2. The van der Waals surface area contributed by atoms with Gasteiger partial charge >= 0.3 is 0 Å². The summed E-state index contributed by atoms with van der Waals surface area (Å²) in [4.78, 5) is 26.0. The molecule has 0 saturated carbocycles. The van der Waals surface area contributed by atoms with Gasteiger partial charge in [-0.15, -0.1) is 0 Å². The van der Waals surface area contributed by atoms with Gasteiger partial charge in [0.2, 0.25) is 11.8 Å². The van der Waals surface area contributed by atoms with E-state index in [4.69, 9.17) is 0 Å². The maximum absolute atomic E-state index is 12.5. The van der Waals surface area contributed by atoms with Crippen LogP contribution in [-0.4, -0.2) is 46.5 Å². The van der Waals surface area contributed by atoms with Crippen molar-refractivity contribution in [2.45, 2.75) is 32.6 Å². The second-order valence-electron chi connectivity index (χ2n) is 7.11. The Balaban J connectivity index is 1.67. The van der Waals surface area contributed by atoms with Crippen LogP contribution in [0.25, 0.3) is 11.1 Å². The van der Waals surface area contributed by atoms with Crippen LogP contribution in [0.4, 0.5) is 0 Å². The van der Waals surface area contributed by atoms with Crippen LogP contribution in [0.3, 0.4) is 0 Å². The number of benzene rings is 1. The molecule has 1 fully saturated rings. The monoisotopic (exact) mass is 354 g/mol. The number of hydrogen-bond acceptors (Lipinski definition) is 3. The first-order valence-electron chi connectivity index (χ1n) is 9.20. The topological polar surface area (TPSA) is 78.1 Å². The molecule has 26 heavy (non-hydrogen) atoms. The number of likely N-dealkylation sites (tertiary alicyclic amines) is 1. The van der Waals surface area contributed by atoms with E-state index in [1.165, 1.54) is 0 Å². The highest BCUT2D eigenvalue weighted by atomic mass is 16.2. The molecule has 3 rings (SSSR count). The molecule has 2 heterocycles. The van der Waals surface area contributed by atoms with Gasteiger partial charge in [0.1, 0.15) is 0 Å². The molecule has 6 nitrogen and oxygen atoms in total. The van der Waals surface area contributed by atoms with Crippen molar-refractivity contribution in [1.29, 1.82) is 0 Å². The van der Waals surface area contributed by atoms with Gasteiger partial charge in [-0.25, -0.2) is 0 Å². The molecule has 2 amide bonds. The normalized spacial score (nSPS) is 17.3. The largest absolute Gasteiger partial charge is 0.347 e. The molecule has 1 atom stereocenters. The molecule has 1 aliphatic heterocycles. The zero-order chi connectivity index (χ0) is 18.5. The summed E-state index contributed by atoms with van der Waals surface area (Å²) in [6.45, 7) is 5.10. The number of hydrogen-bond donors (Lipinski definition) is 2. The maximum Gasteiger partial charge on any atom is 0.241 e. The molecule has 0 bridgehead atoms. The molecule has 0 aliphatic carbocycles. The van der Waals surface area contributed by atoms with E-state index in [-0.39, 0.29) is 30.2 Å². The van der Waals surface area contributed by atoms with Crippen LogP contribution in [0.5, 0.6) is 0 Å². The van der Waals surface area contributed by atoms with Crippen molar-refractivity contribution in [2.24, 2.45) is 5.92 Å². The molecule has 1 aromatic carbocycles. The van der Waals surface area contributed by atoms with Gasteiger partial charge in [-0.1, -0.05) is 44.2 Å². The molecule has 0 radical (unpaired) electrons. The summed E-state index contributed by atoms with van der Waals surface area (Å²) in [5, 5.41) is 10.1. The Morgan fingerprint density at radius 2 is 2.08 bits per heavy atom. The van der Waals surface area contributed by atoms with E-state index in [1.807, 2.05) is 43.1 Å². The van der Waals surface area contributed by atoms with Crippen molar-refractivity contribution in [3.63, 3.8) is 0 Å². The number of rotatable bonds is 5. The smallest absolute Gasteiger partial charge is 0.241 e. The van der Waals surface area contributed by atoms with Gasteiger partial charge in [0.05, 0.1) is 12.7 Å². The Kier molecular flexibility index (Phi) is 5.71. The van der Waals surface area contributed by atoms with E-state index < -0.39 is 0 Å². The molecule has 1 saturated heterocycles. The average Bonchev–Trinajstić information content (AvgIpc) is 3.16. The van der Waals surface area contributed by atoms with E-state index in [0.29, 0.717) is 6.54 Å². The van der Waals surface area contributed by atoms with E-state index in [9.17, 15) is 9.59 Å². The average molecular weight is 354 g/mol. The van der Waals surface area contributed by atoms with Crippen molar-refractivity contribution >= 4 is 11.8 Å². The third kappa shape index (κ3) is 4.12. The molecule has 2 aromatic rings. The highest BCUT2D eigenvalue weighted by Crippen LogP contribution is 2.32. The van der Waals surface area contributed by atoms with Crippen LogP contribution in [0.15, 0.2) is 36.5 Å². The minimum atomic E-state index is -0.115. The van der Waals surface area contributed by atoms with Crippen LogP contribution in [0.2, 0.25) is 0 Å². The van der Waals surface area contributed by atoms with Crippen LogP contribution >= 0.6 is 0 Å². The minimum absolute atomic E-state index is 0.0236. The number of aromatic amines is 1. The fraction of sp³-hybridized carbons (Fsp3) is 0.450. The third-order valence-electron chi connectivity index (χ3n) is 4.87. The van der Waals surface area contributed by atoms with E-state index in [1.54, 1.807) is 0 Å². The predicted octanol–water partition coefficient (Wildman–Crippen LogP) is 2.55. The Bertz CT molecular complexity index is 754. The van der Waals surface area contributed by atoms with E-state index >= 15 is 0 Å². The highest BCUT2D eigenvalue weighted by molar-refractivity contribution is 5.85. The first kappa shape index (κ1) is 18.2. The number of H-pyrrole nitrogens is 1. The molecule has 2 N–H and O–H groups in total. The Morgan fingerprint density at radius 3 is 2.81 bits per heavy atom. The molecular formula is C20H26N4O2. The van der Waals surface area contributed by atoms with Crippen molar-refractivity contribution in [3.8, 4) is 11.1 Å². The summed E-state index contributed by atoms with van der Waals surface area (Å²) in [6.07, 6.45) is 3.82. The Labute approximate surface area is 154 Å². The van der Waals surface area contributed by atoms with Gasteiger partial charge in [0.25, 0.3) is 0 Å². The molecule has 6 heteroatoms. The first-order chi connectivity index (χ1) is 12.6. The number of piperidine rings is 1. The van der Waals surface area contributed by atoms with Crippen LogP contribution in [0.1, 0.15) is 38.3 Å². The third-order valence-corrected chi connectivity index (χ3v) is 4.87. The molecule has 1 aliphatic rings. The van der Waals surface area contributed by atoms with Crippen LogP contribution in [0, 0.1) is 5.92 Å². The lowest BCUT2D eigenvalue weighted by Crippen LogP contribution is -2.45.